The van der Waals surface area contributed by atoms with Crippen molar-refractivity contribution in [3.8, 4) is 11.5 Å². The van der Waals surface area contributed by atoms with Crippen LogP contribution in [0, 0.1) is 0 Å². The Bertz CT molecular complexity index is 1280. The molecule has 35 heavy (non-hydrogen) atoms. The van der Waals surface area contributed by atoms with Crippen LogP contribution in [0.2, 0.25) is 5.02 Å². The quantitative estimate of drug-likeness (QED) is 0.400. The molecular formula is C29H29ClN2O3. The Morgan fingerprint density at radius 3 is 2.34 bits per heavy atom. The molecule has 2 unspecified atom stereocenters. The number of carbonyl (C=O) groups is 1. The summed E-state index contributed by atoms with van der Waals surface area (Å²) in [5, 5.41) is 7.90. The molecule has 2 aliphatic rings. The van der Waals surface area contributed by atoms with E-state index in [-0.39, 0.29) is 23.8 Å². The van der Waals surface area contributed by atoms with E-state index in [1.54, 1.807) is 7.11 Å². The maximum atomic E-state index is 13.7. The third-order valence-electron chi connectivity index (χ3n) is 6.53. The van der Waals surface area contributed by atoms with Gasteiger partial charge in [-0.25, -0.2) is 0 Å². The van der Waals surface area contributed by atoms with Crippen molar-refractivity contribution in [2.45, 2.75) is 44.8 Å². The van der Waals surface area contributed by atoms with E-state index < -0.39 is 0 Å². The Hall–Kier alpha value is -3.44. The Morgan fingerprint density at radius 2 is 1.63 bits per heavy atom. The highest BCUT2D eigenvalue weighted by Crippen LogP contribution is 2.45. The van der Waals surface area contributed by atoms with Crippen molar-refractivity contribution in [1.29, 1.82) is 0 Å². The fourth-order valence-corrected chi connectivity index (χ4v) is 5.05. The van der Waals surface area contributed by atoms with Gasteiger partial charge in [0.15, 0.2) is 17.3 Å². The molecule has 6 heteroatoms. The summed E-state index contributed by atoms with van der Waals surface area (Å²) in [5.41, 5.74) is 5.69. The molecule has 1 aliphatic heterocycles. The second kappa shape index (κ2) is 9.67. The predicted octanol–water partition coefficient (Wildman–Crippen LogP) is 7.12. The van der Waals surface area contributed by atoms with Crippen molar-refractivity contribution >= 4 is 28.8 Å². The van der Waals surface area contributed by atoms with Gasteiger partial charge >= 0.3 is 0 Å². The lowest BCUT2D eigenvalue weighted by molar-refractivity contribution is -0.116. The number of Topliss-reactive ketones (excluding diaryl/α,β-unsaturated/α-hetero) is 1. The van der Waals surface area contributed by atoms with E-state index in [0.29, 0.717) is 22.9 Å². The van der Waals surface area contributed by atoms with E-state index in [4.69, 9.17) is 21.1 Å². The van der Waals surface area contributed by atoms with Crippen molar-refractivity contribution in [2.75, 3.05) is 17.7 Å². The number of para-hydroxylation sites is 2. The zero-order valence-electron chi connectivity index (χ0n) is 20.1. The maximum absolute atomic E-state index is 13.7. The molecule has 0 spiro atoms. The number of rotatable bonds is 5. The van der Waals surface area contributed by atoms with E-state index in [9.17, 15) is 4.79 Å². The molecule has 0 saturated heterocycles. The normalized spacial score (nSPS) is 19.3. The van der Waals surface area contributed by atoms with Gasteiger partial charge in [0.05, 0.1) is 30.6 Å². The van der Waals surface area contributed by atoms with Crippen LogP contribution in [-0.4, -0.2) is 19.0 Å². The van der Waals surface area contributed by atoms with Crippen LogP contribution in [0.5, 0.6) is 11.5 Å². The molecule has 0 radical (unpaired) electrons. The highest BCUT2D eigenvalue weighted by Gasteiger charge is 2.36. The van der Waals surface area contributed by atoms with Gasteiger partial charge in [0.1, 0.15) is 0 Å². The molecule has 0 amide bonds. The van der Waals surface area contributed by atoms with Crippen LogP contribution in [-0.2, 0) is 4.79 Å². The minimum absolute atomic E-state index is 0.0286. The third kappa shape index (κ3) is 4.73. The van der Waals surface area contributed by atoms with Crippen molar-refractivity contribution < 1.29 is 14.3 Å². The first-order valence-corrected chi connectivity index (χ1v) is 12.3. The molecule has 2 atom stereocenters. The first-order valence-electron chi connectivity index (χ1n) is 11.9. The van der Waals surface area contributed by atoms with Crippen molar-refractivity contribution in [3.05, 3.63) is 94.1 Å². The van der Waals surface area contributed by atoms with Crippen molar-refractivity contribution in [1.82, 2.24) is 0 Å². The number of hydrogen-bond donors (Lipinski definition) is 2. The molecule has 0 fully saturated rings. The SMILES string of the molecule is COc1cc(C2Nc3ccccc3NC3=C2C(=O)CC(c2ccc(Cl)cc2)C3)ccc1OC(C)C. The Labute approximate surface area is 211 Å². The van der Waals surface area contributed by atoms with Crippen LogP contribution in [0.1, 0.15) is 49.8 Å². The molecular weight excluding hydrogens is 460 g/mol. The van der Waals surface area contributed by atoms with E-state index in [0.717, 1.165) is 40.2 Å². The summed E-state index contributed by atoms with van der Waals surface area (Å²) < 4.78 is 11.6. The number of ketones is 1. The molecule has 5 nitrogen and oxygen atoms in total. The monoisotopic (exact) mass is 488 g/mol. The molecule has 2 N–H and O–H groups in total. The lowest BCUT2D eigenvalue weighted by Gasteiger charge is -2.30. The zero-order valence-corrected chi connectivity index (χ0v) is 20.9. The molecule has 0 bridgehead atoms. The highest BCUT2D eigenvalue weighted by atomic mass is 35.5. The second-order valence-electron chi connectivity index (χ2n) is 9.30. The molecule has 5 rings (SSSR count). The number of halogens is 1. The average molecular weight is 489 g/mol. The fraction of sp³-hybridized carbons (Fsp3) is 0.276. The number of nitrogens with one attached hydrogen (secondary N) is 2. The minimum atomic E-state index is -0.318. The van der Waals surface area contributed by atoms with Crippen LogP contribution in [0.15, 0.2) is 78.0 Å². The zero-order chi connectivity index (χ0) is 24.5. The van der Waals surface area contributed by atoms with Crippen LogP contribution >= 0.6 is 11.6 Å². The fourth-order valence-electron chi connectivity index (χ4n) is 4.93. The van der Waals surface area contributed by atoms with Crippen molar-refractivity contribution in [2.24, 2.45) is 0 Å². The van der Waals surface area contributed by atoms with Gasteiger partial charge < -0.3 is 20.1 Å². The van der Waals surface area contributed by atoms with E-state index in [1.165, 1.54) is 0 Å². The number of hydrogen-bond acceptors (Lipinski definition) is 5. The summed E-state index contributed by atoms with van der Waals surface area (Å²) in [5.74, 6) is 1.55. The highest BCUT2D eigenvalue weighted by molar-refractivity contribution is 6.30. The summed E-state index contributed by atoms with van der Waals surface area (Å²) in [6.45, 7) is 3.97. The van der Waals surface area contributed by atoms with Gasteiger partial charge in [-0.05, 0) is 73.7 Å². The number of ether oxygens (including phenoxy) is 2. The molecule has 3 aromatic carbocycles. The molecule has 180 valence electrons. The van der Waals surface area contributed by atoms with Crippen LogP contribution in [0.4, 0.5) is 11.4 Å². The lowest BCUT2D eigenvalue weighted by Crippen LogP contribution is -2.27. The lowest BCUT2D eigenvalue weighted by atomic mass is 9.78. The van der Waals surface area contributed by atoms with Gasteiger partial charge in [0.25, 0.3) is 0 Å². The van der Waals surface area contributed by atoms with Crippen molar-refractivity contribution in [3.63, 3.8) is 0 Å². The number of carbonyl (C=O) groups excluding carboxylic acids is 1. The Kier molecular flexibility index (Phi) is 6.44. The number of methoxy groups -OCH3 is 1. The first-order chi connectivity index (χ1) is 16.9. The molecule has 0 aromatic heterocycles. The first kappa shape index (κ1) is 23.3. The van der Waals surface area contributed by atoms with E-state index >= 15 is 0 Å². The Morgan fingerprint density at radius 1 is 0.914 bits per heavy atom. The van der Waals surface area contributed by atoms with Gasteiger partial charge in [0, 0.05) is 22.7 Å². The van der Waals surface area contributed by atoms with E-state index in [1.807, 2.05) is 80.6 Å². The molecule has 0 saturated carbocycles. The molecule has 3 aromatic rings. The summed E-state index contributed by atoms with van der Waals surface area (Å²) >= 11 is 6.10. The summed E-state index contributed by atoms with van der Waals surface area (Å²) in [6, 6.07) is 21.4. The van der Waals surface area contributed by atoms with Crippen LogP contribution in [0.25, 0.3) is 0 Å². The number of benzene rings is 3. The summed E-state index contributed by atoms with van der Waals surface area (Å²) in [4.78, 5) is 13.7. The largest absolute Gasteiger partial charge is 0.493 e. The topological polar surface area (TPSA) is 59.6 Å². The van der Waals surface area contributed by atoms with Gasteiger partial charge in [-0.3, -0.25) is 4.79 Å². The summed E-state index contributed by atoms with van der Waals surface area (Å²) in [6.07, 6.45) is 1.21. The molecule has 1 aliphatic carbocycles. The van der Waals surface area contributed by atoms with E-state index in [2.05, 4.69) is 10.6 Å². The standard InChI is InChI=1S/C29H29ClN2O3/c1-17(2)35-26-13-10-19(16-27(26)34-3)29-28-24(31-22-6-4-5-7-23(22)32-29)14-20(15-25(28)33)18-8-11-21(30)12-9-18/h4-13,16-17,20,29,31-32H,14-15H2,1-3H3. The molecule has 1 heterocycles. The van der Waals surface area contributed by atoms with Crippen LogP contribution in [0.3, 0.4) is 0 Å². The van der Waals surface area contributed by atoms with Gasteiger partial charge in [-0.15, -0.1) is 0 Å². The second-order valence-corrected chi connectivity index (χ2v) is 9.73. The smallest absolute Gasteiger partial charge is 0.163 e. The maximum Gasteiger partial charge on any atom is 0.163 e. The number of anilines is 2. The summed E-state index contributed by atoms with van der Waals surface area (Å²) in [7, 11) is 1.64. The van der Waals surface area contributed by atoms with Crippen LogP contribution < -0.4 is 20.1 Å². The van der Waals surface area contributed by atoms with Gasteiger partial charge in [0.2, 0.25) is 0 Å². The average Bonchev–Trinajstić information content (AvgIpc) is 3.01. The Balaban J connectivity index is 1.58. The third-order valence-corrected chi connectivity index (χ3v) is 6.79. The van der Waals surface area contributed by atoms with Gasteiger partial charge in [-0.1, -0.05) is 41.9 Å². The number of allylic oxidation sites excluding steroid dienone is 1. The number of fused-ring (bicyclic) bond motifs is 1. The predicted molar refractivity (Wildman–Crippen MR) is 141 cm³/mol. The van der Waals surface area contributed by atoms with Gasteiger partial charge in [-0.2, -0.15) is 0 Å². The minimum Gasteiger partial charge on any atom is -0.493 e.